The van der Waals surface area contributed by atoms with Crippen molar-refractivity contribution in [1.82, 2.24) is 4.57 Å². The molecule has 1 N–H and O–H groups in total. The van der Waals surface area contributed by atoms with Crippen LogP contribution in [0.5, 0.6) is 0 Å². The number of para-hydroxylation sites is 1. The number of Topliss-reactive ketones (excluding diaryl/α,β-unsaturated/α-hetero) is 1. The lowest BCUT2D eigenvalue weighted by molar-refractivity contribution is -0.195. The number of aryl methyl sites for hydroxylation is 1. The van der Waals surface area contributed by atoms with Gasteiger partial charge in [0.15, 0.2) is 6.61 Å². The number of esters is 1. The van der Waals surface area contributed by atoms with E-state index in [1.165, 1.54) is 0 Å². The van der Waals surface area contributed by atoms with Gasteiger partial charge in [-0.1, -0.05) is 18.2 Å². The summed E-state index contributed by atoms with van der Waals surface area (Å²) >= 11 is 0. The molecule has 4 fully saturated rings. The number of ketones is 1. The van der Waals surface area contributed by atoms with E-state index in [1.54, 1.807) is 0 Å². The van der Waals surface area contributed by atoms with Gasteiger partial charge in [0.2, 0.25) is 5.78 Å². The van der Waals surface area contributed by atoms with Gasteiger partial charge < -0.3 is 14.4 Å². The number of hydrogen-bond acceptors (Lipinski definition) is 4. The number of hydrogen-bond donors (Lipinski definition) is 1. The maximum atomic E-state index is 13.1. The van der Waals surface area contributed by atoms with Gasteiger partial charge in [0.1, 0.15) is 0 Å². The van der Waals surface area contributed by atoms with Crippen molar-refractivity contribution in [1.29, 1.82) is 0 Å². The molecule has 0 spiro atoms. The lowest BCUT2D eigenvalue weighted by Gasteiger charge is -2.58. The SMILES string of the molecule is Cc1cc(C(=O)COC(=O)C23CC4CC(CC(O)(C4)C2)C3)c(C)n1-c1ccccc1. The molecule has 4 aliphatic rings. The number of carbonyl (C=O) groups excluding carboxylic acids is 2. The third-order valence-electron chi connectivity index (χ3n) is 7.54. The van der Waals surface area contributed by atoms with Crippen LogP contribution in [0.3, 0.4) is 0 Å². The van der Waals surface area contributed by atoms with Crippen LogP contribution in [0.4, 0.5) is 0 Å². The molecule has 0 amide bonds. The summed E-state index contributed by atoms with van der Waals surface area (Å²) < 4.78 is 7.63. The highest BCUT2D eigenvalue weighted by Gasteiger charge is 2.60. The molecule has 4 bridgehead atoms. The van der Waals surface area contributed by atoms with Crippen LogP contribution in [0.25, 0.3) is 5.69 Å². The van der Waals surface area contributed by atoms with E-state index in [9.17, 15) is 14.7 Å². The van der Waals surface area contributed by atoms with Crippen LogP contribution < -0.4 is 0 Å². The minimum atomic E-state index is -0.715. The molecule has 2 unspecified atom stereocenters. The highest BCUT2D eigenvalue weighted by Crippen LogP contribution is 2.61. The largest absolute Gasteiger partial charge is 0.457 e. The second-order valence-electron chi connectivity index (χ2n) is 9.92. The lowest BCUT2D eigenvalue weighted by Crippen LogP contribution is -2.58. The van der Waals surface area contributed by atoms with Gasteiger partial charge in [-0.05, 0) is 82.4 Å². The standard InChI is InChI=1S/C25H29NO4/c1-16-8-21(17(2)26(16)20-6-4-3-5-7-20)22(27)14-30-23(28)24-10-18-9-19(11-24)13-25(29,12-18)15-24/h3-8,18-19,29H,9-15H2,1-2H3. The fourth-order valence-corrected chi connectivity index (χ4v) is 6.83. The molecule has 1 heterocycles. The molecule has 5 nitrogen and oxygen atoms in total. The zero-order valence-corrected chi connectivity index (χ0v) is 17.7. The third-order valence-corrected chi connectivity index (χ3v) is 7.54. The van der Waals surface area contributed by atoms with Crippen molar-refractivity contribution in [3.8, 4) is 5.69 Å². The summed E-state index contributed by atoms with van der Waals surface area (Å²) in [5.41, 5.74) is 2.10. The summed E-state index contributed by atoms with van der Waals surface area (Å²) in [6.45, 7) is 3.65. The van der Waals surface area contributed by atoms with Crippen molar-refractivity contribution in [2.24, 2.45) is 17.3 Å². The van der Waals surface area contributed by atoms with Gasteiger partial charge >= 0.3 is 5.97 Å². The molecule has 0 saturated heterocycles. The first kappa shape index (κ1) is 19.6. The fourth-order valence-electron chi connectivity index (χ4n) is 6.83. The first-order chi connectivity index (χ1) is 14.3. The Kier molecular flexibility index (Phi) is 4.44. The number of rotatable bonds is 5. The first-order valence-electron chi connectivity index (χ1n) is 11.0. The van der Waals surface area contributed by atoms with E-state index >= 15 is 0 Å². The van der Waals surface area contributed by atoms with Crippen LogP contribution in [0.2, 0.25) is 0 Å². The molecule has 1 aromatic carbocycles. The van der Waals surface area contributed by atoms with Crippen LogP contribution in [0.15, 0.2) is 36.4 Å². The number of aliphatic hydroxyl groups is 1. The second-order valence-corrected chi connectivity index (χ2v) is 9.92. The van der Waals surface area contributed by atoms with Crippen molar-refractivity contribution < 1.29 is 19.4 Å². The summed E-state index contributed by atoms with van der Waals surface area (Å²) in [5, 5.41) is 10.9. The van der Waals surface area contributed by atoms with Crippen LogP contribution in [-0.4, -0.2) is 33.6 Å². The van der Waals surface area contributed by atoms with Crippen molar-refractivity contribution in [3.05, 3.63) is 53.3 Å². The predicted octanol–water partition coefficient (Wildman–Crippen LogP) is 4.15. The summed E-state index contributed by atoms with van der Waals surface area (Å²) in [4.78, 5) is 26.0. The first-order valence-corrected chi connectivity index (χ1v) is 11.0. The van der Waals surface area contributed by atoms with E-state index < -0.39 is 11.0 Å². The van der Waals surface area contributed by atoms with Gasteiger partial charge in [-0.2, -0.15) is 0 Å². The Morgan fingerprint density at radius 1 is 1.10 bits per heavy atom. The average Bonchev–Trinajstić information content (AvgIpc) is 2.98. The van der Waals surface area contributed by atoms with Crippen molar-refractivity contribution in [2.75, 3.05) is 6.61 Å². The van der Waals surface area contributed by atoms with E-state index in [4.69, 9.17) is 4.74 Å². The van der Waals surface area contributed by atoms with E-state index in [0.717, 1.165) is 49.2 Å². The Labute approximate surface area is 177 Å². The Hall–Kier alpha value is -2.40. The highest BCUT2D eigenvalue weighted by molar-refractivity contribution is 5.99. The smallest absolute Gasteiger partial charge is 0.312 e. The number of benzene rings is 1. The molecular formula is C25H29NO4. The molecule has 6 rings (SSSR count). The molecule has 158 valence electrons. The molecule has 2 aromatic rings. The number of ether oxygens (including phenoxy) is 1. The summed E-state index contributed by atoms with van der Waals surface area (Å²) in [5.74, 6) is 0.343. The van der Waals surface area contributed by atoms with E-state index in [0.29, 0.717) is 23.8 Å². The average molecular weight is 408 g/mol. The Morgan fingerprint density at radius 2 is 1.77 bits per heavy atom. The Bertz CT molecular complexity index is 992. The van der Waals surface area contributed by atoms with Gasteiger partial charge in [0, 0.05) is 22.6 Å². The van der Waals surface area contributed by atoms with E-state index in [1.807, 2.05) is 54.8 Å². The Balaban J connectivity index is 1.31. The van der Waals surface area contributed by atoms with Gasteiger partial charge in [0.25, 0.3) is 0 Å². The van der Waals surface area contributed by atoms with Crippen molar-refractivity contribution in [3.63, 3.8) is 0 Å². The number of nitrogens with zero attached hydrogens (tertiary/aromatic N) is 1. The minimum Gasteiger partial charge on any atom is -0.457 e. The second kappa shape index (κ2) is 6.81. The molecule has 0 aliphatic heterocycles. The zero-order chi connectivity index (χ0) is 21.1. The molecular weight excluding hydrogens is 378 g/mol. The van der Waals surface area contributed by atoms with Crippen LogP contribution in [0, 0.1) is 31.1 Å². The normalized spacial score (nSPS) is 31.7. The summed E-state index contributed by atoms with van der Waals surface area (Å²) in [6.07, 6.45) is 4.80. The van der Waals surface area contributed by atoms with E-state index in [2.05, 4.69) is 0 Å². The van der Waals surface area contributed by atoms with E-state index in [-0.39, 0.29) is 18.4 Å². The molecule has 4 aliphatic carbocycles. The van der Waals surface area contributed by atoms with Crippen LogP contribution >= 0.6 is 0 Å². The molecule has 30 heavy (non-hydrogen) atoms. The maximum Gasteiger partial charge on any atom is 0.312 e. The topological polar surface area (TPSA) is 68.5 Å². The highest BCUT2D eigenvalue weighted by atomic mass is 16.5. The third kappa shape index (κ3) is 3.11. The van der Waals surface area contributed by atoms with Crippen LogP contribution in [-0.2, 0) is 9.53 Å². The van der Waals surface area contributed by atoms with Gasteiger partial charge in [0.05, 0.1) is 11.0 Å². The monoisotopic (exact) mass is 407 g/mol. The molecule has 4 saturated carbocycles. The zero-order valence-electron chi connectivity index (χ0n) is 17.7. The minimum absolute atomic E-state index is 0.179. The molecule has 1 aromatic heterocycles. The van der Waals surface area contributed by atoms with Crippen molar-refractivity contribution >= 4 is 11.8 Å². The summed E-state index contributed by atoms with van der Waals surface area (Å²) in [6, 6.07) is 11.8. The number of aromatic nitrogens is 1. The van der Waals surface area contributed by atoms with Crippen LogP contribution in [0.1, 0.15) is 60.3 Å². The van der Waals surface area contributed by atoms with Gasteiger partial charge in [-0.3, -0.25) is 9.59 Å². The molecule has 2 atom stereocenters. The summed E-state index contributed by atoms with van der Waals surface area (Å²) in [7, 11) is 0. The quantitative estimate of drug-likeness (QED) is 0.597. The molecule has 0 radical (unpaired) electrons. The van der Waals surface area contributed by atoms with Gasteiger partial charge in [-0.25, -0.2) is 0 Å². The Morgan fingerprint density at radius 3 is 2.40 bits per heavy atom. The van der Waals surface area contributed by atoms with Crippen molar-refractivity contribution in [2.45, 2.75) is 58.0 Å². The number of carbonyl (C=O) groups is 2. The maximum absolute atomic E-state index is 13.1. The fraction of sp³-hybridized carbons (Fsp3) is 0.520. The predicted molar refractivity (Wildman–Crippen MR) is 113 cm³/mol. The van der Waals surface area contributed by atoms with Gasteiger partial charge in [-0.15, -0.1) is 0 Å². The lowest BCUT2D eigenvalue weighted by atomic mass is 9.48. The molecule has 5 heteroatoms.